The molecule has 0 aliphatic carbocycles. The van der Waals surface area contributed by atoms with E-state index in [-0.39, 0.29) is 6.04 Å². The first-order chi connectivity index (χ1) is 9.65. The van der Waals surface area contributed by atoms with Crippen molar-refractivity contribution in [3.05, 3.63) is 41.4 Å². The van der Waals surface area contributed by atoms with Crippen LogP contribution in [0.3, 0.4) is 0 Å². The summed E-state index contributed by atoms with van der Waals surface area (Å²) in [6.45, 7) is 1.93. The van der Waals surface area contributed by atoms with E-state index in [0.29, 0.717) is 10.7 Å². The first kappa shape index (κ1) is 13.4. The zero-order chi connectivity index (χ0) is 14.1. The molecule has 5 nitrogen and oxygen atoms in total. The second kappa shape index (κ2) is 5.40. The minimum Gasteiger partial charge on any atom is -0.341 e. The summed E-state index contributed by atoms with van der Waals surface area (Å²) in [7, 11) is 0. The average molecular weight is 306 g/mol. The summed E-state index contributed by atoms with van der Waals surface area (Å²) >= 11 is 7.78. The molecule has 0 spiro atoms. The van der Waals surface area contributed by atoms with E-state index in [1.807, 2.05) is 25.1 Å². The van der Waals surface area contributed by atoms with Gasteiger partial charge in [0.25, 0.3) is 0 Å². The van der Waals surface area contributed by atoms with Crippen molar-refractivity contribution in [1.29, 1.82) is 0 Å². The van der Waals surface area contributed by atoms with Crippen molar-refractivity contribution in [3.8, 4) is 0 Å². The molecule has 2 heterocycles. The Morgan fingerprint density at radius 3 is 2.90 bits per heavy atom. The van der Waals surface area contributed by atoms with Gasteiger partial charge in [0.2, 0.25) is 0 Å². The first-order valence-corrected chi connectivity index (χ1v) is 7.21. The lowest BCUT2D eigenvalue weighted by atomic mass is 10.1. The van der Waals surface area contributed by atoms with Crippen LogP contribution in [0.2, 0.25) is 5.02 Å². The summed E-state index contributed by atoms with van der Waals surface area (Å²) < 4.78 is 0. The standard InChI is InChI=1S/C13H12ClN5S/c1-7(15)8-2-3-10(9(14)4-8)20-13-11-12(17-5-16-11)18-6-19-13/h2-7H,15H2,1H3,(H,16,17,18,19)/t7-/m0/s1. The Bertz CT molecular complexity index is 755. The quantitative estimate of drug-likeness (QED) is 0.726. The number of aromatic nitrogens is 4. The molecule has 3 N–H and O–H groups in total. The summed E-state index contributed by atoms with van der Waals surface area (Å²) in [5.41, 5.74) is 8.31. The maximum Gasteiger partial charge on any atom is 0.181 e. The number of nitrogens with zero attached hydrogens (tertiary/aromatic N) is 3. The van der Waals surface area contributed by atoms with Gasteiger partial charge >= 0.3 is 0 Å². The van der Waals surface area contributed by atoms with Gasteiger partial charge in [-0.1, -0.05) is 29.4 Å². The van der Waals surface area contributed by atoms with Gasteiger partial charge in [0.15, 0.2) is 5.65 Å². The molecular formula is C13H12ClN5S. The molecular weight excluding hydrogens is 294 g/mol. The third-order valence-corrected chi connectivity index (χ3v) is 4.38. The lowest BCUT2D eigenvalue weighted by Gasteiger charge is -2.09. The molecule has 3 aromatic rings. The van der Waals surface area contributed by atoms with Crippen LogP contribution in [-0.2, 0) is 0 Å². The second-order valence-corrected chi connectivity index (χ2v) is 5.80. The Kier molecular flexibility index (Phi) is 3.60. The highest BCUT2D eigenvalue weighted by Gasteiger charge is 2.11. The van der Waals surface area contributed by atoms with Gasteiger partial charge in [-0.15, -0.1) is 0 Å². The number of hydrogen-bond donors (Lipinski definition) is 2. The van der Waals surface area contributed by atoms with Crippen LogP contribution in [0, 0.1) is 0 Å². The minimum absolute atomic E-state index is 0.0371. The van der Waals surface area contributed by atoms with Gasteiger partial charge in [0, 0.05) is 10.9 Å². The highest BCUT2D eigenvalue weighted by molar-refractivity contribution is 7.99. The van der Waals surface area contributed by atoms with Gasteiger partial charge in [-0.3, -0.25) is 0 Å². The van der Waals surface area contributed by atoms with E-state index in [0.717, 1.165) is 21.0 Å². The summed E-state index contributed by atoms with van der Waals surface area (Å²) in [5.74, 6) is 0. The molecule has 0 bridgehead atoms. The van der Waals surface area contributed by atoms with Crippen LogP contribution in [0.15, 0.2) is 40.8 Å². The maximum atomic E-state index is 6.30. The average Bonchev–Trinajstić information content (AvgIpc) is 2.90. The fourth-order valence-electron chi connectivity index (χ4n) is 1.81. The van der Waals surface area contributed by atoms with Crippen molar-refractivity contribution in [1.82, 2.24) is 19.9 Å². The van der Waals surface area contributed by atoms with Crippen LogP contribution in [0.4, 0.5) is 0 Å². The number of rotatable bonds is 3. The molecule has 0 aliphatic rings. The molecule has 0 radical (unpaired) electrons. The Labute approximate surface area is 125 Å². The van der Waals surface area contributed by atoms with E-state index in [1.165, 1.54) is 18.1 Å². The monoisotopic (exact) mass is 305 g/mol. The van der Waals surface area contributed by atoms with Crippen LogP contribution < -0.4 is 5.73 Å². The number of hydrogen-bond acceptors (Lipinski definition) is 5. The number of halogens is 1. The molecule has 0 fully saturated rings. The van der Waals surface area contributed by atoms with E-state index in [9.17, 15) is 0 Å². The number of benzene rings is 1. The highest BCUT2D eigenvalue weighted by Crippen LogP contribution is 2.35. The summed E-state index contributed by atoms with van der Waals surface area (Å²) in [5, 5.41) is 1.46. The number of H-pyrrole nitrogens is 1. The molecule has 0 saturated heterocycles. The van der Waals surface area contributed by atoms with Crippen LogP contribution in [-0.4, -0.2) is 19.9 Å². The highest BCUT2D eigenvalue weighted by atomic mass is 35.5. The Morgan fingerprint density at radius 1 is 1.30 bits per heavy atom. The Morgan fingerprint density at radius 2 is 2.15 bits per heavy atom. The molecule has 20 heavy (non-hydrogen) atoms. The molecule has 2 aromatic heterocycles. The van der Waals surface area contributed by atoms with Gasteiger partial charge < -0.3 is 10.7 Å². The lowest BCUT2D eigenvalue weighted by molar-refractivity contribution is 0.817. The molecule has 0 amide bonds. The number of nitrogens with two attached hydrogens (primary N) is 1. The van der Waals surface area contributed by atoms with Crippen LogP contribution >= 0.6 is 23.4 Å². The number of fused-ring (bicyclic) bond motifs is 1. The Balaban J connectivity index is 1.97. The maximum absolute atomic E-state index is 6.30. The number of imidazole rings is 1. The molecule has 3 rings (SSSR count). The van der Waals surface area contributed by atoms with Gasteiger partial charge in [0.05, 0.1) is 11.3 Å². The molecule has 1 atom stereocenters. The lowest BCUT2D eigenvalue weighted by Crippen LogP contribution is -2.04. The van der Waals surface area contributed by atoms with Gasteiger partial charge in [-0.25, -0.2) is 15.0 Å². The number of aromatic amines is 1. The van der Waals surface area contributed by atoms with Crippen molar-refractivity contribution in [3.63, 3.8) is 0 Å². The van der Waals surface area contributed by atoms with E-state index in [1.54, 1.807) is 6.33 Å². The van der Waals surface area contributed by atoms with Crippen molar-refractivity contribution in [2.45, 2.75) is 22.9 Å². The fourth-order valence-corrected chi connectivity index (χ4v) is 2.97. The van der Waals surface area contributed by atoms with E-state index >= 15 is 0 Å². The van der Waals surface area contributed by atoms with Crippen LogP contribution in [0.1, 0.15) is 18.5 Å². The van der Waals surface area contributed by atoms with Crippen molar-refractivity contribution in [2.75, 3.05) is 0 Å². The van der Waals surface area contributed by atoms with E-state index in [4.69, 9.17) is 17.3 Å². The molecule has 102 valence electrons. The SMILES string of the molecule is C[C@H](N)c1ccc(Sc2ncnc3nc[nH]c23)c(Cl)c1. The van der Waals surface area contributed by atoms with Crippen LogP contribution in [0.5, 0.6) is 0 Å². The molecule has 0 saturated carbocycles. The molecule has 0 aliphatic heterocycles. The van der Waals surface area contributed by atoms with E-state index in [2.05, 4.69) is 19.9 Å². The summed E-state index contributed by atoms with van der Waals surface area (Å²) in [6, 6.07) is 5.78. The van der Waals surface area contributed by atoms with Crippen molar-refractivity contribution >= 4 is 34.5 Å². The van der Waals surface area contributed by atoms with Crippen LogP contribution in [0.25, 0.3) is 11.2 Å². The zero-order valence-electron chi connectivity index (χ0n) is 10.7. The minimum atomic E-state index is -0.0371. The second-order valence-electron chi connectivity index (χ2n) is 4.36. The fraction of sp³-hybridized carbons (Fsp3) is 0.154. The van der Waals surface area contributed by atoms with Crippen molar-refractivity contribution in [2.24, 2.45) is 5.73 Å². The van der Waals surface area contributed by atoms with Gasteiger partial charge in [-0.05, 0) is 24.6 Å². The normalized spacial score (nSPS) is 12.8. The third-order valence-electron chi connectivity index (χ3n) is 2.88. The topological polar surface area (TPSA) is 80.5 Å². The largest absolute Gasteiger partial charge is 0.341 e. The summed E-state index contributed by atoms with van der Waals surface area (Å²) in [4.78, 5) is 16.4. The summed E-state index contributed by atoms with van der Waals surface area (Å²) in [6.07, 6.45) is 3.10. The van der Waals surface area contributed by atoms with Crippen molar-refractivity contribution < 1.29 is 0 Å². The van der Waals surface area contributed by atoms with Gasteiger partial charge in [0.1, 0.15) is 16.9 Å². The number of nitrogens with one attached hydrogen (secondary N) is 1. The smallest absolute Gasteiger partial charge is 0.181 e. The predicted molar refractivity (Wildman–Crippen MR) is 79.9 cm³/mol. The van der Waals surface area contributed by atoms with E-state index < -0.39 is 0 Å². The first-order valence-electron chi connectivity index (χ1n) is 6.02. The molecule has 0 unspecified atom stereocenters. The van der Waals surface area contributed by atoms with Gasteiger partial charge in [-0.2, -0.15) is 0 Å². The molecule has 7 heteroatoms. The molecule has 1 aromatic carbocycles. The predicted octanol–water partition coefficient (Wildman–Crippen LogP) is 3.18. The third kappa shape index (κ3) is 2.49. The Hall–Kier alpha value is -1.63. The zero-order valence-corrected chi connectivity index (χ0v) is 12.2.